The molecule has 3 aromatic carbocycles. The summed E-state index contributed by atoms with van der Waals surface area (Å²) in [4.78, 5) is 27.0. The molecule has 34 heavy (non-hydrogen) atoms. The van der Waals surface area contributed by atoms with E-state index in [2.05, 4.69) is 15.9 Å². The van der Waals surface area contributed by atoms with E-state index in [4.69, 9.17) is 9.47 Å². The topological polar surface area (TPSA) is 55.8 Å². The van der Waals surface area contributed by atoms with Gasteiger partial charge in [-0.1, -0.05) is 58.4 Å². The summed E-state index contributed by atoms with van der Waals surface area (Å²) in [5.74, 6) is 0.253. The molecule has 0 spiro atoms. The van der Waals surface area contributed by atoms with E-state index in [1.807, 2.05) is 31.2 Å². The Morgan fingerprint density at radius 1 is 0.971 bits per heavy atom. The van der Waals surface area contributed by atoms with Crippen LogP contribution in [0.3, 0.4) is 0 Å². The lowest BCUT2D eigenvalue weighted by Crippen LogP contribution is -2.27. The van der Waals surface area contributed by atoms with E-state index in [1.54, 1.807) is 42.5 Å². The lowest BCUT2D eigenvalue weighted by Gasteiger charge is -2.14. The summed E-state index contributed by atoms with van der Waals surface area (Å²) in [6.45, 7) is 2.50. The van der Waals surface area contributed by atoms with Gasteiger partial charge in [-0.3, -0.25) is 14.5 Å². The Morgan fingerprint density at radius 3 is 2.44 bits per heavy atom. The Hall–Kier alpha value is -3.10. The van der Waals surface area contributed by atoms with Gasteiger partial charge >= 0.3 is 0 Å². The van der Waals surface area contributed by atoms with Gasteiger partial charge in [0, 0.05) is 10.0 Å². The normalized spacial score (nSPS) is 14.7. The molecule has 3 aromatic rings. The lowest BCUT2D eigenvalue weighted by atomic mass is 10.1. The molecule has 0 atom stereocenters. The molecule has 2 amide bonds. The van der Waals surface area contributed by atoms with Crippen molar-refractivity contribution in [2.75, 3.05) is 6.61 Å². The van der Waals surface area contributed by atoms with E-state index >= 15 is 0 Å². The highest BCUT2D eigenvalue weighted by atomic mass is 79.9. The van der Waals surface area contributed by atoms with Crippen LogP contribution in [-0.2, 0) is 17.9 Å². The number of hydrogen-bond acceptors (Lipinski definition) is 5. The van der Waals surface area contributed by atoms with Crippen molar-refractivity contribution in [2.24, 2.45) is 0 Å². The second kappa shape index (κ2) is 10.9. The molecule has 0 bridgehead atoms. The summed E-state index contributed by atoms with van der Waals surface area (Å²) in [5, 5.41) is -0.318. The third kappa shape index (κ3) is 5.51. The number of benzene rings is 3. The van der Waals surface area contributed by atoms with Crippen LogP contribution in [0, 0.1) is 5.82 Å². The summed E-state index contributed by atoms with van der Waals surface area (Å²) in [7, 11) is 0. The number of carbonyl (C=O) groups is 2. The summed E-state index contributed by atoms with van der Waals surface area (Å²) >= 11 is 4.36. The third-order valence-corrected chi connectivity index (χ3v) is 6.75. The number of carbonyl (C=O) groups excluding carboxylic acids is 2. The molecule has 174 valence electrons. The van der Waals surface area contributed by atoms with Crippen molar-refractivity contribution in [3.63, 3.8) is 0 Å². The van der Waals surface area contributed by atoms with Crippen molar-refractivity contribution in [3.05, 3.63) is 98.6 Å². The van der Waals surface area contributed by atoms with Crippen molar-refractivity contribution >= 4 is 44.9 Å². The zero-order valence-corrected chi connectivity index (χ0v) is 20.7. The molecule has 0 aliphatic carbocycles. The average Bonchev–Trinajstić information content (AvgIpc) is 3.08. The monoisotopic (exact) mass is 541 g/mol. The van der Waals surface area contributed by atoms with Crippen molar-refractivity contribution in [1.29, 1.82) is 0 Å². The molecule has 1 fully saturated rings. The molecule has 1 aliphatic rings. The highest BCUT2D eigenvalue weighted by Crippen LogP contribution is 2.36. The Bertz CT molecular complexity index is 1260. The first-order chi connectivity index (χ1) is 16.5. The van der Waals surface area contributed by atoms with Crippen LogP contribution in [0.15, 0.2) is 76.1 Å². The standard InChI is InChI=1S/C26H21BrFNO4S/c1-2-32-23-13-17(11-12-22(23)33-16-19-8-4-6-10-21(19)28)14-24-25(30)29(26(31)34-24)15-18-7-3-5-9-20(18)27/h3-14H,2,15-16H2,1H3/b24-14+. The van der Waals surface area contributed by atoms with E-state index in [-0.39, 0.29) is 30.1 Å². The highest BCUT2D eigenvalue weighted by molar-refractivity contribution is 9.10. The number of thioether (sulfide) groups is 1. The molecule has 4 rings (SSSR count). The summed E-state index contributed by atoms with van der Waals surface area (Å²) in [5.41, 5.74) is 1.97. The molecule has 1 heterocycles. The predicted molar refractivity (Wildman–Crippen MR) is 134 cm³/mol. The molecule has 0 saturated carbocycles. The van der Waals surface area contributed by atoms with Gasteiger partial charge in [0.05, 0.1) is 18.1 Å². The van der Waals surface area contributed by atoms with Crippen LogP contribution < -0.4 is 9.47 Å². The lowest BCUT2D eigenvalue weighted by molar-refractivity contribution is -0.123. The first-order valence-corrected chi connectivity index (χ1v) is 12.2. The van der Waals surface area contributed by atoms with E-state index in [9.17, 15) is 14.0 Å². The molecule has 0 unspecified atom stereocenters. The van der Waals surface area contributed by atoms with Crippen LogP contribution in [0.2, 0.25) is 0 Å². The minimum atomic E-state index is -0.344. The van der Waals surface area contributed by atoms with Gasteiger partial charge < -0.3 is 9.47 Å². The number of imide groups is 1. The number of ether oxygens (including phenoxy) is 2. The summed E-state index contributed by atoms with van der Waals surface area (Å²) in [6.07, 6.45) is 1.66. The van der Waals surface area contributed by atoms with Crippen LogP contribution in [0.5, 0.6) is 11.5 Å². The van der Waals surface area contributed by atoms with Gasteiger partial charge in [-0.25, -0.2) is 4.39 Å². The Kier molecular flexibility index (Phi) is 7.70. The van der Waals surface area contributed by atoms with Crippen LogP contribution in [-0.4, -0.2) is 22.7 Å². The number of amides is 2. The summed E-state index contributed by atoms with van der Waals surface area (Å²) < 4.78 is 26.2. The number of nitrogens with zero attached hydrogens (tertiary/aromatic N) is 1. The second-order valence-corrected chi connectivity index (χ2v) is 9.23. The molecular formula is C26H21BrFNO4S. The fourth-order valence-electron chi connectivity index (χ4n) is 3.36. The van der Waals surface area contributed by atoms with Gasteiger partial charge in [0.1, 0.15) is 12.4 Å². The Morgan fingerprint density at radius 2 is 1.71 bits per heavy atom. The molecule has 0 radical (unpaired) electrons. The largest absolute Gasteiger partial charge is 0.490 e. The van der Waals surface area contributed by atoms with Crippen LogP contribution in [0.25, 0.3) is 6.08 Å². The molecule has 8 heteroatoms. The zero-order chi connectivity index (χ0) is 24.1. The van der Waals surface area contributed by atoms with Gasteiger partial charge in [0.2, 0.25) is 0 Å². The number of halogens is 2. The van der Waals surface area contributed by atoms with Crippen molar-refractivity contribution in [2.45, 2.75) is 20.1 Å². The van der Waals surface area contributed by atoms with E-state index in [1.165, 1.54) is 11.0 Å². The highest BCUT2D eigenvalue weighted by Gasteiger charge is 2.35. The molecule has 1 aliphatic heterocycles. The molecular weight excluding hydrogens is 521 g/mol. The van der Waals surface area contributed by atoms with Crippen LogP contribution in [0.4, 0.5) is 9.18 Å². The van der Waals surface area contributed by atoms with E-state index in [0.29, 0.717) is 34.1 Å². The quantitative estimate of drug-likeness (QED) is 0.293. The fraction of sp³-hybridized carbons (Fsp3) is 0.154. The first kappa shape index (κ1) is 24.0. The minimum absolute atomic E-state index is 0.0556. The Balaban J connectivity index is 1.52. The maximum Gasteiger partial charge on any atom is 0.293 e. The Labute approximate surface area is 209 Å². The average molecular weight is 542 g/mol. The van der Waals surface area contributed by atoms with Crippen LogP contribution >= 0.6 is 27.7 Å². The predicted octanol–water partition coefficient (Wildman–Crippen LogP) is 6.80. The van der Waals surface area contributed by atoms with Gasteiger partial charge in [0.25, 0.3) is 11.1 Å². The fourth-order valence-corrected chi connectivity index (χ4v) is 4.61. The molecule has 5 nitrogen and oxygen atoms in total. The first-order valence-electron chi connectivity index (χ1n) is 10.6. The van der Waals surface area contributed by atoms with E-state index in [0.717, 1.165) is 21.8 Å². The molecule has 1 saturated heterocycles. The second-order valence-electron chi connectivity index (χ2n) is 7.38. The van der Waals surface area contributed by atoms with Gasteiger partial charge in [-0.2, -0.15) is 0 Å². The molecule has 0 aromatic heterocycles. The minimum Gasteiger partial charge on any atom is -0.490 e. The summed E-state index contributed by atoms with van der Waals surface area (Å²) in [6, 6.07) is 19.1. The maximum absolute atomic E-state index is 13.9. The number of hydrogen-bond donors (Lipinski definition) is 0. The zero-order valence-electron chi connectivity index (χ0n) is 18.3. The SMILES string of the molecule is CCOc1cc(/C=C2/SC(=O)N(Cc3ccccc3Br)C2=O)ccc1OCc1ccccc1F. The van der Waals surface area contributed by atoms with Crippen molar-refractivity contribution < 1.29 is 23.5 Å². The van der Waals surface area contributed by atoms with Gasteiger partial charge in [0.15, 0.2) is 11.5 Å². The van der Waals surface area contributed by atoms with E-state index < -0.39 is 0 Å². The third-order valence-electron chi connectivity index (χ3n) is 5.07. The number of rotatable bonds is 8. The maximum atomic E-state index is 13.9. The van der Waals surface area contributed by atoms with Crippen molar-refractivity contribution in [1.82, 2.24) is 4.90 Å². The van der Waals surface area contributed by atoms with Gasteiger partial charge in [-0.05, 0) is 60.2 Å². The van der Waals surface area contributed by atoms with Gasteiger partial charge in [-0.15, -0.1) is 0 Å². The van der Waals surface area contributed by atoms with Crippen molar-refractivity contribution in [3.8, 4) is 11.5 Å². The van der Waals surface area contributed by atoms with Crippen LogP contribution in [0.1, 0.15) is 23.6 Å². The smallest absolute Gasteiger partial charge is 0.293 e. The molecule has 0 N–H and O–H groups in total.